The Morgan fingerprint density at radius 1 is 0.829 bits per heavy atom. The molecule has 0 unspecified atom stereocenters. The van der Waals surface area contributed by atoms with E-state index >= 15 is 0 Å². The van der Waals surface area contributed by atoms with Gasteiger partial charge in [-0.2, -0.15) is 0 Å². The molecule has 35 heavy (non-hydrogen) atoms. The topological polar surface area (TPSA) is 118 Å². The molecule has 9 nitrogen and oxygen atoms in total. The molecule has 2 aromatic rings. The van der Waals surface area contributed by atoms with Crippen molar-refractivity contribution in [1.82, 2.24) is 4.90 Å². The van der Waals surface area contributed by atoms with Gasteiger partial charge in [-0.1, -0.05) is 12.1 Å². The highest BCUT2D eigenvalue weighted by molar-refractivity contribution is 5.84. The van der Waals surface area contributed by atoms with E-state index in [1.807, 2.05) is 0 Å². The second-order valence-electron chi connectivity index (χ2n) is 8.83. The van der Waals surface area contributed by atoms with E-state index in [0.29, 0.717) is 35.1 Å². The molecule has 2 aliphatic rings. The normalized spacial score (nSPS) is 21.5. The monoisotopic (exact) mass is 489 g/mol. The van der Waals surface area contributed by atoms with Gasteiger partial charge in [0.25, 0.3) is 0 Å². The Labute approximate surface area is 205 Å². The van der Waals surface area contributed by atoms with E-state index in [0.717, 1.165) is 12.8 Å². The van der Waals surface area contributed by atoms with E-state index < -0.39 is 11.6 Å². The number of piperidine rings is 1. The number of carbonyl (C=O) groups is 1. The van der Waals surface area contributed by atoms with Crippen LogP contribution in [0.1, 0.15) is 36.8 Å². The summed E-state index contributed by atoms with van der Waals surface area (Å²) in [7, 11) is 7.98. The lowest BCUT2D eigenvalue weighted by atomic mass is 9.86. The number of rotatable bonds is 7. The number of methoxy groups -OCH3 is 4. The zero-order valence-electron chi connectivity index (χ0n) is 20.9. The van der Waals surface area contributed by atoms with Crippen LogP contribution in [0, 0.1) is 0 Å². The van der Waals surface area contributed by atoms with Gasteiger partial charge in [-0.3, -0.25) is 0 Å². The van der Waals surface area contributed by atoms with Crippen LogP contribution in [0.5, 0.6) is 23.0 Å². The molecule has 4 rings (SSSR count). The molecular weight excluding hydrogens is 454 g/mol. The Kier molecular flexibility index (Phi) is 8.47. The summed E-state index contributed by atoms with van der Waals surface area (Å²) in [6, 6.07) is 10.2. The quantitative estimate of drug-likeness (QED) is 0.539. The van der Waals surface area contributed by atoms with Gasteiger partial charge >= 0.3 is 5.97 Å². The van der Waals surface area contributed by atoms with E-state index in [1.165, 1.54) is 77.7 Å². The molecule has 192 valence electrons. The Morgan fingerprint density at radius 2 is 1.23 bits per heavy atom. The molecule has 3 atom stereocenters. The first-order valence-electron chi connectivity index (χ1n) is 11.5. The number of hydrogen-bond acceptors (Lipinski definition) is 8. The summed E-state index contributed by atoms with van der Waals surface area (Å²) in [5, 5.41) is 30.1. The number of ether oxygens (including phenoxy) is 4. The minimum absolute atomic E-state index is 0.00583. The van der Waals surface area contributed by atoms with Crippen LogP contribution in [-0.2, 0) is 10.4 Å². The third-order valence-electron chi connectivity index (χ3n) is 6.99. The lowest BCUT2D eigenvalue weighted by Crippen LogP contribution is -2.41. The van der Waals surface area contributed by atoms with E-state index in [4.69, 9.17) is 18.9 Å². The summed E-state index contributed by atoms with van der Waals surface area (Å²) >= 11 is 0. The number of aliphatic carboxylic acids is 1. The highest BCUT2D eigenvalue weighted by Gasteiger charge is 2.41. The van der Waals surface area contributed by atoms with Crippen LogP contribution in [0.15, 0.2) is 36.4 Å². The molecule has 2 aliphatic heterocycles. The van der Waals surface area contributed by atoms with Crippen LogP contribution in [0.2, 0.25) is 0 Å². The molecular formula is C26H35NO8. The molecule has 2 saturated heterocycles. The fourth-order valence-corrected chi connectivity index (χ4v) is 4.92. The maximum atomic E-state index is 11.9. The van der Waals surface area contributed by atoms with Crippen molar-refractivity contribution in [2.45, 2.75) is 49.5 Å². The van der Waals surface area contributed by atoms with Crippen LogP contribution in [0.25, 0.3) is 0 Å². The summed E-state index contributed by atoms with van der Waals surface area (Å²) in [6.45, 7) is 0. The first kappa shape index (κ1) is 26.6. The maximum Gasteiger partial charge on any atom is 0.345 e. The Bertz CT molecular complexity index is 957. The Morgan fingerprint density at radius 3 is 1.57 bits per heavy atom. The zero-order chi connectivity index (χ0) is 25.8. The zero-order valence-corrected chi connectivity index (χ0v) is 20.9. The van der Waals surface area contributed by atoms with Crippen molar-refractivity contribution < 1.29 is 39.1 Å². The van der Waals surface area contributed by atoms with Crippen LogP contribution >= 0.6 is 0 Å². The Hall–Kier alpha value is -3.01. The van der Waals surface area contributed by atoms with Gasteiger partial charge in [0.2, 0.25) is 5.60 Å². The smallest absolute Gasteiger partial charge is 0.345 e. The van der Waals surface area contributed by atoms with Crippen molar-refractivity contribution in [1.29, 1.82) is 0 Å². The minimum Gasteiger partial charge on any atom is -0.493 e. The van der Waals surface area contributed by atoms with Gasteiger partial charge in [0, 0.05) is 23.2 Å². The SMILES string of the molecule is CN1[C@@H]2CC[C@H]1C[C@@H](O)C2.COc1ccc(C(O)(C(=O)O)c2ccc(OC)c(OC)c2)cc1OC. The van der Waals surface area contributed by atoms with Crippen molar-refractivity contribution in [2.24, 2.45) is 0 Å². The van der Waals surface area contributed by atoms with Gasteiger partial charge in [-0.05, 0) is 57.0 Å². The van der Waals surface area contributed by atoms with Crippen molar-refractivity contribution in [3.63, 3.8) is 0 Å². The number of fused-ring (bicyclic) bond motifs is 2. The van der Waals surface area contributed by atoms with Crippen molar-refractivity contribution >= 4 is 5.97 Å². The van der Waals surface area contributed by atoms with Gasteiger partial charge in [0.05, 0.1) is 34.5 Å². The first-order valence-corrected chi connectivity index (χ1v) is 11.5. The second kappa shape index (κ2) is 11.2. The lowest BCUT2D eigenvalue weighted by molar-refractivity contribution is -0.155. The van der Waals surface area contributed by atoms with Crippen LogP contribution in [0.4, 0.5) is 0 Å². The number of hydrogen-bond donors (Lipinski definition) is 3. The van der Waals surface area contributed by atoms with Crippen LogP contribution < -0.4 is 18.9 Å². The molecule has 0 amide bonds. The molecule has 0 aromatic heterocycles. The largest absolute Gasteiger partial charge is 0.493 e. The average molecular weight is 490 g/mol. The third kappa shape index (κ3) is 5.32. The second-order valence-corrected chi connectivity index (χ2v) is 8.83. The summed E-state index contributed by atoms with van der Waals surface area (Å²) in [5.41, 5.74) is -2.08. The van der Waals surface area contributed by atoms with E-state index in [-0.39, 0.29) is 17.2 Å². The molecule has 0 aliphatic carbocycles. The predicted octanol–water partition coefficient (Wildman–Crippen LogP) is 2.65. The fraction of sp³-hybridized carbons (Fsp3) is 0.500. The van der Waals surface area contributed by atoms with Crippen molar-refractivity contribution in [2.75, 3.05) is 35.5 Å². The first-order chi connectivity index (χ1) is 16.7. The van der Waals surface area contributed by atoms with Crippen LogP contribution in [0.3, 0.4) is 0 Å². The van der Waals surface area contributed by atoms with E-state index in [1.54, 1.807) is 0 Å². The van der Waals surface area contributed by atoms with E-state index in [9.17, 15) is 20.1 Å². The van der Waals surface area contributed by atoms with Gasteiger partial charge in [0.15, 0.2) is 23.0 Å². The summed E-state index contributed by atoms with van der Waals surface area (Å²) in [4.78, 5) is 14.4. The molecule has 0 radical (unpaired) electrons. The molecule has 2 bridgehead atoms. The lowest BCUT2D eigenvalue weighted by Gasteiger charge is -2.33. The van der Waals surface area contributed by atoms with Crippen LogP contribution in [-0.4, -0.2) is 79.9 Å². The number of aliphatic hydroxyl groups excluding tert-OH is 1. The van der Waals surface area contributed by atoms with Gasteiger partial charge in [0.1, 0.15) is 0 Å². The number of benzene rings is 2. The highest BCUT2D eigenvalue weighted by atomic mass is 16.5. The number of nitrogens with zero attached hydrogens (tertiary/aromatic N) is 1. The van der Waals surface area contributed by atoms with E-state index in [2.05, 4.69) is 11.9 Å². The molecule has 0 saturated carbocycles. The van der Waals surface area contributed by atoms with Gasteiger partial charge in [-0.15, -0.1) is 0 Å². The molecule has 3 N–H and O–H groups in total. The molecule has 0 spiro atoms. The third-order valence-corrected chi connectivity index (χ3v) is 6.99. The molecule has 2 fully saturated rings. The van der Waals surface area contributed by atoms with Gasteiger partial charge in [-0.25, -0.2) is 4.79 Å². The molecule has 2 heterocycles. The predicted molar refractivity (Wildman–Crippen MR) is 130 cm³/mol. The highest BCUT2D eigenvalue weighted by Crippen LogP contribution is 2.39. The fourth-order valence-electron chi connectivity index (χ4n) is 4.92. The number of aliphatic hydroxyl groups is 2. The van der Waals surface area contributed by atoms with Crippen molar-refractivity contribution in [3.05, 3.63) is 47.5 Å². The minimum atomic E-state index is -2.31. The number of carboxylic acid groups (broad SMARTS) is 1. The molecule has 2 aromatic carbocycles. The summed E-state index contributed by atoms with van der Waals surface area (Å²) in [6.07, 6.45) is 4.62. The number of carboxylic acids is 1. The van der Waals surface area contributed by atoms with Crippen molar-refractivity contribution in [3.8, 4) is 23.0 Å². The average Bonchev–Trinajstić information content (AvgIpc) is 3.07. The maximum absolute atomic E-state index is 11.9. The Balaban J connectivity index is 0.000000281. The summed E-state index contributed by atoms with van der Waals surface area (Å²) in [5.74, 6) is 0.0184. The standard InChI is InChI=1S/C18H20O7.C8H15NO/c1-22-13-7-5-11(9-15(13)24-3)18(21,17(19)20)12-6-8-14(23-2)16(10-12)25-4;1-9-6-2-3-7(9)5-8(10)4-6/h5-10,21H,1-4H3,(H,19,20);6-8,10H,2-5H2,1H3/t;6-,7+,8+. The van der Waals surface area contributed by atoms with Gasteiger partial charge < -0.3 is 39.2 Å². The summed E-state index contributed by atoms with van der Waals surface area (Å²) < 4.78 is 20.7. The molecule has 9 heteroatoms.